The minimum Gasteiger partial charge on any atom is -0.491 e. The van der Waals surface area contributed by atoms with Crippen molar-refractivity contribution in [1.29, 1.82) is 0 Å². The summed E-state index contributed by atoms with van der Waals surface area (Å²) in [7, 11) is -3.69. The molecule has 0 fully saturated rings. The molecule has 1 N–H and O–H groups in total. The van der Waals surface area contributed by atoms with Crippen LogP contribution in [-0.2, 0) is 21.4 Å². The summed E-state index contributed by atoms with van der Waals surface area (Å²) in [5, 5.41) is 2.73. The molecule has 3 rings (SSSR count). The number of ether oxygens (including phenoxy) is 2. The van der Waals surface area contributed by atoms with Gasteiger partial charge in [0.05, 0.1) is 18.0 Å². The van der Waals surface area contributed by atoms with Gasteiger partial charge in [-0.2, -0.15) is 0 Å². The lowest BCUT2D eigenvalue weighted by molar-refractivity contribution is -0.114. The summed E-state index contributed by atoms with van der Waals surface area (Å²) in [5.74, 6) is 0.753. The Balaban J connectivity index is 1.66. The summed E-state index contributed by atoms with van der Waals surface area (Å²) < 4.78 is 37.2. The smallest absolute Gasteiger partial charge is 0.245 e. The van der Waals surface area contributed by atoms with Gasteiger partial charge in [-0.25, -0.2) is 8.42 Å². The topological polar surface area (TPSA) is 84.9 Å². The number of amides is 1. The molecule has 0 heterocycles. The predicted octanol–water partition coefficient (Wildman–Crippen LogP) is 4.46. The van der Waals surface area contributed by atoms with Crippen molar-refractivity contribution < 1.29 is 22.7 Å². The summed E-state index contributed by atoms with van der Waals surface area (Å²) in [6.45, 7) is 3.86. The Morgan fingerprint density at radius 1 is 0.939 bits per heavy atom. The normalized spacial score (nSPS) is 11.2. The van der Waals surface area contributed by atoms with Crippen molar-refractivity contribution in [2.75, 3.05) is 22.4 Å². The van der Waals surface area contributed by atoms with Crippen molar-refractivity contribution in [2.24, 2.45) is 0 Å². The van der Waals surface area contributed by atoms with Gasteiger partial charge in [-0.05, 0) is 55.8 Å². The second kappa shape index (κ2) is 10.9. The molecular formula is C25H28N2O5S. The van der Waals surface area contributed by atoms with Crippen LogP contribution in [0.2, 0.25) is 0 Å². The molecule has 0 atom stereocenters. The number of sulfonamides is 1. The Morgan fingerprint density at radius 3 is 2.27 bits per heavy atom. The van der Waals surface area contributed by atoms with E-state index in [0.29, 0.717) is 29.5 Å². The zero-order chi connectivity index (χ0) is 23.8. The average molecular weight is 469 g/mol. The largest absolute Gasteiger partial charge is 0.491 e. The van der Waals surface area contributed by atoms with Gasteiger partial charge in [-0.1, -0.05) is 36.4 Å². The van der Waals surface area contributed by atoms with Gasteiger partial charge >= 0.3 is 0 Å². The van der Waals surface area contributed by atoms with Crippen LogP contribution < -0.4 is 19.1 Å². The maximum absolute atomic E-state index is 12.6. The van der Waals surface area contributed by atoms with Crippen molar-refractivity contribution in [3.8, 4) is 11.5 Å². The molecule has 33 heavy (non-hydrogen) atoms. The fourth-order valence-electron chi connectivity index (χ4n) is 3.10. The molecule has 0 radical (unpaired) electrons. The average Bonchev–Trinajstić information content (AvgIpc) is 2.76. The van der Waals surface area contributed by atoms with Crippen LogP contribution >= 0.6 is 0 Å². The second-order valence-corrected chi connectivity index (χ2v) is 9.69. The first-order valence-corrected chi connectivity index (χ1v) is 12.4. The van der Waals surface area contributed by atoms with Crippen LogP contribution in [0.15, 0.2) is 78.9 Å². The Labute approximate surface area is 195 Å². The van der Waals surface area contributed by atoms with E-state index in [9.17, 15) is 13.2 Å². The molecule has 3 aromatic carbocycles. The van der Waals surface area contributed by atoms with Crippen molar-refractivity contribution in [3.05, 3.63) is 84.4 Å². The maximum Gasteiger partial charge on any atom is 0.245 e. The minimum absolute atomic E-state index is 0.00341. The summed E-state index contributed by atoms with van der Waals surface area (Å²) in [6, 6.07) is 23.3. The molecule has 0 aromatic heterocycles. The summed E-state index contributed by atoms with van der Waals surface area (Å²) in [5.41, 5.74) is 1.92. The van der Waals surface area contributed by atoms with Crippen LogP contribution in [0, 0.1) is 0 Å². The Kier molecular flexibility index (Phi) is 7.95. The van der Waals surface area contributed by atoms with Crippen LogP contribution in [0.25, 0.3) is 0 Å². The monoisotopic (exact) mass is 468 g/mol. The lowest BCUT2D eigenvalue weighted by atomic mass is 10.2. The van der Waals surface area contributed by atoms with Crippen LogP contribution in [0.4, 0.5) is 11.4 Å². The number of hydrogen-bond acceptors (Lipinski definition) is 5. The molecule has 0 aliphatic carbocycles. The third kappa shape index (κ3) is 7.54. The molecule has 0 saturated carbocycles. The van der Waals surface area contributed by atoms with E-state index < -0.39 is 15.9 Å². The third-order valence-corrected chi connectivity index (χ3v) is 5.69. The maximum atomic E-state index is 12.6. The third-order valence-electron chi connectivity index (χ3n) is 4.55. The number of nitrogens with zero attached hydrogens (tertiary/aromatic N) is 1. The standard InChI is InChI=1S/C25H28N2O5S/c1-19(2)32-24-11-7-10-21(16-24)26-25(28)17-27(33(3,29)30)22-12-14-23(15-13-22)31-18-20-8-5-4-6-9-20/h4-16,19H,17-18H2,1-3H3,(H,26,28). The molecule has 0 saturated heterocycles. The highest BCUT2D eigenvalue weighted by Gasteiger charge is 2.21. The van der Waals surface area contributed by atoms with E-state index in [-0.39, 0.29) is 12.6 Å². The zero-order valence-electron chi connectivity index (χ0n) is 18.9. The SMILES string of the molecule is CC(C)Oc1cccc(NC(=O)CN(c2ccc(OCc3ccccc3)cc2)S(C)(=O)=O)c1. The molecule has 1 amide bonds. The van der Waals surface area contributed by atoms with Gasteiger partial charge in [-0.15, -0.1) is 0 Å². The molecule has 0 bridgehead atoms. The van der Waals surface area contributed by atoms with Crippen LogP contribution in [-0.4, -0.2) is 33.2 Å². The summed E-state index contributed by atoms with van der Waals surface area (Å²) in [6.07, 6.45) is 1.06. The summed E-state index contributed by atoms with van der Waals surface area (Å²) >= 11 is 0. The van der Waals surface area contributed by atoms with Crippen LogP contribution in [0.1, 0.15) is 19.4 Å². The minimum atomic E-state index is -3.69. The van der Waals surface area contributed by atoms with E-state index in [2.05, 4.69) is 5.32 Å². The number of anilines is 2. The van der Waals surface area contributed by atoms with E-state index in [0.717, 1.165) is 16.1 Å². The quantitative estimate of drug-likeness (QED) is 0.475. The molecule has 0 aliphatic heterocycles. The zero-order valence-corrected chi connectivity index (χ0v) is 19.7. The van der Waals surface area contributed by atoms with Crippen molar-refractivity contribution >= 4 is 27.3 Å². The van der Waals surface area contributed by atoms with Gasteiger partial charge in [0.1, 0.15) is 24.7 Å². The van der Waals surface area contributed by atoms with Crippen molar-refractivity contribution in [1.82, 2.24) is 0 Å². The molecule has 0 unspecified atom stereocenters. The van der Waals surface area contributed by atoms with Gasteiger partial charge in [0, 0.05) is 11.8 Å². The first-order chi connectivity index (χ1) is 15.7. The lowest BCUT2D eigenvalue weighted by Crippen LogP contribution is -2.37. The van der Waals surface area contributed by atoms with E-state index in [1.165, 1.54) is 0 Å². The van der Waals surface area contributed by atoms with E-state index in [1.54, 1.807) is 48.5 Å². The van der Waals surface area contributed by atoms with Crippen molar-refractivity contribution in [3.63, 3.8) is 0 Å². The van der Waals surface area contributed by atoms with Crippen molar-refractivity contribution in [2.45, 2.75) is 26.6 Å². The number of rotatable bonds is 10. The fourth-order valence-corrected chi connectivity index (χ4v) is 3.96. The van der Waals surface area contributed by atoms with Gasteiger partial charge in [0.2, 0.25) is 15.9 Å². The molecule has 7 nitrogen and oxygen atoms in total. The van der Waals surface area contributed by atoms with Crippen LogP contribution in [0.3, 0.4) is 0 Å². The van der Waals surface area contributed by atoms with Crippen LogP contribution in [0.5, 0.6) is 11.5 Å². The molecular weight excluding hydrogens is 440 g/mol. The predicted molar refractivity (Wildman–Crippen MR) is 130 cm³/mol. The molecule has 174 valence electrons. The van der Waals surface area contributed by atoms with E-state index in [1.807, 2.05) is 44.2 Å². The highest BCUT2D eigenvalue weighted by molar-refractivity contribution is 7.92. The van der Waals surface area contributed by atoms with Gasteiger partial charge < -0.3 is 14.8 Å². The Morgan fingerprint density at radius 2 is 1.64 bits per heavy atom. The highest BCUT2D eigenvalue weighted by Crippen LogP contribution is 2.23. The number of carbonyl (C=O) groups excluding carboxylic acids is 1. The Bertz CT molecular complexity index is 1160. The van der Waals surface area contributed by atoms with E-state index in [4.69, 9.17) is 9.47 Å². The lowest BCUT2D eigenvalue weighted by Gasteiger charge is -2.22. The van der Waals surface area contributed by atoms with Gasteiger partial charge in [-0.3, -0.25) is 9.10 Å². The highest BCUT2D eigenvalue weighted by atomic mass is 32.2. The number of nitrogens with one attached hydrogen (secondary N) is 1. The van der Waals surface area contributed by atoms with Gasteiger partial charge in [0.25, 0.3) is 0 Å². The number of benzene rings is 3. The second-order valence-electron chi connectivity index (χ2n) is 7.78. The van der Waals surface area contributed by atoms with E-state index >= 15 is 0 Å². The Hall–Kier alpha value is -3.52. The first-order valence-electron chi connectivity index (χ1n) is 10.5. The number of carbonyl (C=O) groups is 1. The summed E-state index contributed by atoms with van der Waals surface area (Å²) in [4.78, 5) is 12.6. The van der Waals surface area contributed by atoms with Gasteiger partial charge in [0.15, 0.2) is 0 Å². The molecule has 0 spiro atoms. The molecule has 0 aliphatic rings. The first kappa shape index (κ1) is 24.1. The fraction of sp³-hybridized carbons (Fsp3) is 0.240. The number of hydrogen-bond donors (Lipinski definition) is 1. The molecule has 8 heteroatoms. The molecule has 3 aromatic rings.